The van der Waals surface area contributed by atoms with E-state index in [0.29, 0.717) is 30.9 Å². The number of carbonyl (C=O) groups excluding carboxylic acids is 1. The van der Waals surface area contributed by atoms with Gasteiger partial charge in [-0.25, -0.2) is 0 Å². The topological polar surface area (TPSA) is 93.3 Å². The van der Waals surface area contributed by atoms with Crippen molar-refractivity contribution in [2.24, 2.45) is 0 Å². The first kappa shape index (κ1) is 22.9. The average Bonchev–Trinajstić information content (AvgIpc) is 2.76. The second kappa shape index (κ2) is 11.0. The van der Waals surface area contributed by atoms with Crippen LogP contribution in [0, 0.1) is 0 Å². The van der Waals surface area contributed by atoms with Crippen molar-refractivity contribution >= 4 is 33.4 Å². The van der Waals surface area contributed by atoms with Gasteiger partial charge >= 0.3 is 0 Å². The molecule has 1 atom stereocenters. The van der Waals surface area contributed by atoms with E-state index in [-0.39, 0.29) is 17.3 Å². The molecular weight excluding hydrogens is 410 g/mol. The van der Waals surface area contributed by atoms with Gasteiger partial charge in [0.25, 0.3) is 0 Å². The summed E-state index contributed by atoms with van der Waals surface area (Å²) < 4.78 is 22.8. The lowest BCUT2D eigenvalue weighted by molar-refractivity contribution is -0.120. The Labute approximate surface area is 185 Å². The molecule has 1 unspecified atom stereocenters. The van der Waals surface area contributed by atoms with Crippen molar-refractivity contribution in [2.75, 3.05) is 25.0 Å². The minimum Gasteiger partial charge on any atom is -0.768 e. The maximum atomic E-state index is 12.1. The molecule has 164 valence electrons. The molecule has 0 aliphatic rings. The van der Waals surface area contributed by atoms with E-state index >= 15 is 0 Å². The molecule has 1 amide bonds. The third kappa shape index (κ3) is 6.37. The molecule has 7 heteroatoms. The lowest BCUT2D eigenvalue weighted by atomic mass is 10.0. The van der Waals surface area contributed by atoms with Gasteiger partial charge in [0.2, 0.25) is 5.91 Å². The Morgan fingerprint density at radius 1 is 0.968 bits per heavy atom. The number of hydrogen-bond donors (Lipinski definition) is 3. The highest BCUT2D eigenvalue weighted by atomic mass is 32.2. The fourth-order valence-electron chi connectivity index (χ4n) is 3.38. The quantitative estimate of drug-likeness (QED) is 0.333. The number of fused-ring (bicyclic) bond motifs is 1. The van der Waals surface area contributed by atoms with E-state index in [1.54, 1.807) is 18.2 Å². The minimum atomic E-state index is -2.29. The lowest BCUT2D eigenvalue weighted by Gasteiger charge is -2.14. The van der Waals surface area contributed by atoms with E-state index in [1.165, 1.54) is 5.56 Å². The van der Waals surface area contributed by atoms with Crippen LogP contribution in [-0.2, 0) is 22.4 Å². The molecule has 0 fully saturated rings. The predicted octanol–water partition coefficient (Wildman–Crippen LogP) is 3.52. The van der Waals surface area contributed by atoms with E-state index in [4.69, 9.17) is 0 Å². The summed E-state index contributed by atoms with van der Waals surface area (Å²) in [5, 5.41) is 10.8. The van der Waals surface area contributed by atoms with Gasteiger partial charge < -0.3 is 20.5 Å². The molecule has 0 aliphatic carbocycles. The Bertz CT molecular complexity index is 1050. The fraction of sp³-hybridized carbons (Fsp3) is 0.292. The molecule has 0 saturated carbocycles. The van der Waals surface area contributed by atoms with Crippen LogP contribution < -0.4 is 16.0 Å². The summed E-state index contributed by atoms with van der Waals surface area (Å²) in [7, 11) is 0. The summed E-state index contributed by atoms with van der Waals surface area (Å²) >= 11 is -2.29. The third-order valence-electron chi connectivity index (χ3n) is 5.09. The molecule has 0 bridgehead atoms. The molecule has 3 N–H and O–H groups in total. The van der Waals surface area contributed by atoms with Gasteiger partial charge in [-0.15, -0.1) is 0 Å². The Morgan fingerprint density at radius 3 is 2.39 bits per heavy atom. The Morgan fingerprint density at radius 2 is 1.68 bits per heavy atom. The van der Waals surface area contributed by atoms with Gasteiger partial charge in [0.15, 0.2) is 0 Å². The molecule has 0 aromatic heterocycles. The third-order valence-corrected chi connectivity index (χ3v) is 5.80. The standard InChI is InChI=1S/C24H29N3O3S/c1-17(2)19-11-9-18(10-12-19)15-25-16-24(28)27-14-13-26-22-7-3-6-21-20(22)5-4-8-23(21)31(29)30/h3-12,17,25-26H,13-16H2,1-2H3,(H,27,28)(H,29,30)/p-1. The number of carbonyl (C=O) groups is 1. The van der Waals surface area contributed by atoms with E-state index in [9.17, 15) is 13.6 Å². The highest BCUT2D eigenvalue weighted by molar-refractivity contribution is 7.79. The Hall–Kier alpha value is -2.74. The van der Waals surface area contributed by atoms with Crippen LogP contribution >= 0.6 is 0 Å². The van der Waals surface area contributed by atoms with Gasteiger partial charge in [0.1, 0.15) is 0 Å². The SMILES string of the molecule is CC(C)c1ccc(CNCC(=O)NCCNc2cccc3c(S(=O)[O-])cccc23)cc1. The monoisotopic (exact) mass is 438 g/mol. The summed E-state index contributed by atoms with van der Waals surface area (Å²) in [5.74, 6) is 0.440. The van der Waals surface area contributed by atoms with Crippen molar-refractivity contribution < 1.29 is 13.6 Å². The lowest BCUT2D eigenvalue weighted by Crippen LogP contribution is -2.36. The van der Waals surface area contributed by atoms with Crippen LogP contribution in [0.5, 0.6) is 0 Å². The number of hydrogen-bond acceptors (Lipinski definition) is 5. The zero-order valence-electron chi connectivity index (χ0n) is 17.8. The number of nitrogens with one attached hydrogen (secondary N) is 3. The molecule has 6 nitrogen and oxygen atoms in total. The van der Waals surface area contributed by atoms with Crippen molar-refractivity contribution in [1.82, 2.24) is 10.6 Å². The highest BCUT2D eigenvalue weighted by Gasteiger charge is 2.06. The van der Waals surface area contributed by atoms with E-state index < -0.39 is 11.1 Å². The van der Waals surface area contributed by atoms with Crippen LogP contribution in [0.25, 0.3) is 10.8 Å². The summed E-state index contributed by atoms with van der Waals surface area (Å²) in [5.41, 5.74) is 3.29. The van der Waals surface area contributed by atoms with Crippen LogP contribution in [0.15, 0.2) is 65.6 Å². The van der Waals surface area contributed by atoms with Crippen LogP contribution in [0.2, 0.25) is 0 Å². The molecule has 31 heavy (non-hydrogen) atoms. The Kier molecular flexibility index (Phi) is 8.17. The number of rotatable bonds is 10. The number of benzene rings is 3. The van der Waals surface area contributed by atoms with Crippen LogP contribution in [0.3, 0.4) is 0 Å². The second-order valence-corrected chi connectivity index (χ2v) is 8.58. The molecule has 0 aliphatic heterocycles. The van der Waals surface area contributed by atoms with Gasteiger partial charge in [-0.1, -0.05) is 62.4 Å². The van der Waals surface area contributed by atoms with Crippen molar-refractivity contribution in [2.45, 2.75) is 31.2 Å². The summed E-state index contributed by atoms with van der Waals surface area (Å²) in [6.07, 6.45) is 0. The normalized spacial score (nSPS) is 12.1. The zero-order valence-corrected chi connectivity index (χ0v) is 18.6. The molecule has 3 rings (SSSR count). The summed E-state index contributed by atoms with van der Waals surface area (Å²) in [6.45, 7) is 6.22. The van der Waals surface area contributed by atoms with Crippen molar-refractivity contribution in [3.8, 4) is 0 Å². The molecule has 0 spiro atoms. The van der Waals surface area contributed by atoms with E-state index in [1.807, 2.05) is 18.2 Å². The van der Waals surface area contributed by atoms with Gasteiger partial charge in [-0.3, -0.25) is 9.00 Å². The largest absolute Gasteiger partial charge is 0.768 e. The van der Waals surface area contributed by atoms with Crippen LogP contribution in [0.1, 0.15) is 30.9 Å². The summed E-state index contributed by atoms with van der Waals surface area (Å²) in [4.78, 5) is 12.3. The van der Waals surface area contributed by atoms with Gasteiger partial charge in [0.05, 0.1) is 6.54 Å². The molecular formula is C24H28N3O3S-. The zero-order chi connectivity index (χ0) is 22.2. The average molecular weight is 439 g/mol. The molecule has 0 radical (unpaired) electrons. The number of amides is 1. The molecule has 0 heterocycles. The minimum absolute atomic E-state index is 0.0671. The smallest absolute Gasteiger partial charge is 0.234 e. The molecule has 3 aromatic rings. The van der Waals surface area contributed by atoms with Gasteiger partial charge in [-0.05, 0) is 45.6 Å². The predicted molar refractivity (Wildman–Crippen MR) is 125 cm³/mol. The van der Waals surface area contributed by atoms with E-state index in [2.05, 4.69) is 54.1 Å². The van der Waals surface area contributed by atoms with Gasteiger partial charge in [0, 0.05) is 35.6 Å². The van der Waals surface area contributed by atoms with Crippen LogP contribution in [0.4, 0.5) is 5.69 Å². The highest BCUT2D eigenvalue weighted by Crippen LogP contribution is 2.27. The maximum Gasteiger partial charge on any atom is 0.234 e. The van der Waals surface area contributed by atoms with E-state index in [0.717, 1.165) is 16.6 Å². The van der Waals surface area contributed by atoms with Crippen molar-refractivity contribution in [1.29, 1.82) is 0 Å². The van der Waals surface area contributed by atoms with Crippen molar-refractivity contribution in [3.63, 3.8) is 0 Å². The molecule has 3 aromatic carbocycles. The first-order valence-electron chi connectivity index (χ1n) is 10.4. The first-order valence-corrected chi connectivity index (χ1v) is 11.4. The fourth-order valence-corrected chi connectivity index (χ4v) is 3.93. The summed E-state index contributed by atoms with van der Waals surface area (Å²) in [6, 6.07) is 19.1. The maximum absolute atomic E-state index is 12.1. The first-order chi connectivity index (χ1) is 15.0. The second-order valence-electron chi connectivity index (χ2n) is 7.67. The number of anilines is 1. The van der Waals surface area contributed by atoms with Crippen molar-refractivity contribution in [3.05, 3.63) is 71.8 Å². The Balaban J connectivity index is 1.42. The molecule has 0 saturated heterocycles. The van der Waals surface area contributed by atoms with Crippen LogP contribution in [-0.4, -0.2) is 34.3 Å². The van der Waals surface area contributed by atoms with Gasteiger partial charge in [-0.2, -0.15) is 0 Å².